The van der Waals surface area contributed by atoms with Gasteiger partial charge in [0.05, 0.1) is 6.10 Å². The number of thioether (sulfide) groups is 1. The lowest BCUT2D eigenvalue weighted by atomic mass is 10.2. The van der Waals surface area contributed by atoms with Crippen LogP contribution in [0.25, 0.3) is 0 Å². The molecule has 0 aromatic carbocycles. The molecule has 0 aliphatic carbocycles. The number of β-amino-alcohol motifs (C(OH)–C–C–N with tert-alkyl or cyclic N) is 1. The highest BCUT2D eigenvalue weighted by atomic mass is 32.2. The van der Waals surface area contributed by atoms with Gasteiger partial charge in [0.25, 0.3) is 0 Å². The van der Waals surface area contributed by atoms with Crippen LogP contribution < -0.4 is 0 Å². The maximum absolute atomic E-state index is 10.9. The molecule has 1 fully saturated rings. The number of carbonyl (C=O) groups is 1. The number of aliphatic hydroxyl groups is 1. The second-order valence-corrected chi connectivity index (χ2v) is 5.18. The first kappa shape index (κ1) is 12.8. The molecule has 0 spiro atoms. The van der Waals surface area contributed by atoms with E-state index in [9.17, 15) is 9.90 Å². The van der Waals surface area contributed by atoms with Crippen molar-refractivity contribution in [2.45, 2.75) is 31.9 Å². The predicted octanol–water partition coefficient (Wildman–Crippen LogP) is 0.649. The number of carboxylic acids is 1. The second kappa shape index (κ2) is 6.35. The summed E-state index contributed by atoms with van der Waals surface area (Å²) >= 11 is 1.87. The average Bonchev–Trinajstić information content (AvgIpc) is 2.55. The molecule has 0 aromatic heterocycles. The molecule has 1 aliphatic heterocycles. The van der Waals surface area contributed by atoms with Gasteiger partial charge in [-0.05, 0) is 24.5 Å². The van der Waals surface area contributed by atoms with E-state index >= 15 is 0 Å². The fraction of sp³-hybridized carbons (Fsp3) is 0.900. The average molecular weight is 233 g/mol. The number of carboxylic acid groups (broad SMARTS) is 1. The number of hydrogen-bond acceptors (Lipinski definition) is 4. The maximum atomic E-state index is 10.9. The molecule has 1 rings (SSSR count). The lowest BCUT2D eigenvalue weighted by Crippen LogP contribution is -2.36. The molecular weight excluding hydrogens is 214 g/mol. The standard InChI is InChI=1S/C10H19NO3S/c1-2-15-5-3-4-11-7-8(12)6-9(11)10(13)14/h8-9,12H,2-7H2,1H3,(H,13,14). The van der Waals surface area contributed by atoms with E-state index in [0.29, 0.717) is 13.0 Å². The normalized spacial score (nSPS) is 27.1. The minimum Gasteiger partial charge on any atom is -0.480 e. The van der Waals surface area contributed by atoms with Gasteiger partial charge in [-0.3, -0.25) is 9.69 Å². The Balaban J connectivity index is 2.29. The number of rotatable bonds is 6. The number of likely N-dealkylation sites (tertiary alicyclic amines) is 1. The van der Waals surface area contributed by atoms with E-state index in [-0.39, 0.29) is 0 Å². The molecule has 0 radical (unpaired) electrons. The van der Waals surface area contributed by atoms with Crippen molar-refractivity contribution in [3.63, 3.8) is 0 Å². The Morgan fingerprint density at radius 1 is 1.60 bits per heavy atom. The molecule has 0 bridgehead atoms. The van der Waals surface area contributed by atoms with E-state index in [1.165, 1.54) is 0 Å². The topological polar surface area (TPSA) is 60.8 Å². The zero-order valence-corrected chi connectivity index (χ0v) is 9.87. The third kappa shape index (κ3) is 4.01. The van der Waals surface area contributed by atoms with Crippen molar-refractivity contribution in [2.24, 2.45) is 0 Å². The van der Waals surface area contributed by atoms with Gasteiger partial charge in [-0.15, -0.1) is 0 Å². The van der Waals surface area contributed by atoms with Gasteiger partial charge in [-0.1, -0.05) is 6.92 Å². The van der Waals surface area contributed by atoms with Crippen LogP contribution >= 0.6 is 11.8 Å². The zero-order valence-electron chi connectivity index (χ0n) is 9.06. The zero-order chi connectivity index (χ0) is 11.3. The Labute approximate surface area is 94.7 Å². The first-order valence-corrected chi connectivity index (χ1v) is 6.53. The molecule has 15 heavy (non-hydrogen) atoms. The Hall–Kier alpha value is -0.260. The van der Waals surface area contributed by atoms with Crippen molar-refractivity contribution in [2.75, 3.05) is 24.6 Å². The molecule has 1 aliphatic rings. The third-order valence-corrected chi connectivity index (χ3v) is 3.59. The van der Waals surface area contributed by atoms with Crippen LogP contribution in [0.1, 0.15) is 19.8 Å². The molecule has 2 atom stereocenters. The number of aliphatic hydroxyl groups excluding tert-OH is 1. The van der Waals surface area contributed by atoms with Crippen LogP contribution in [0.5, 0.6) is 0 Å². The van der Waals surface area contributed by atoms with Gasteiger partial charge in [0.15, 0.2) is 0 Å². The summed E-state index contributed by atoms with van der Waals surface area (Å²) in [5, 5.41) is 18.4. The largest absolute Gasteiger partial charge is 0.480 e. The first-order valence-electron chi connectivity index (χ1n) is 5.37. The van der Waals surface area contributed by atoms with Gasteiger partial charge >= 0.3 is 5.97 Å². The Morgan fingerprint density at radius 2 is 2.33 bits per heavy atom. The molecule has 1 heterocycles. The quantitative estimate of drug-likeness (QED) is 0.660. The van der Waals surface area contributed by atoms with Gasteiger partial charge in [0.1, 0.15) is 6.04 Å². The van der Waals surface area contributed by atoms with Crippen molar-refractivity contribution in [3.05, 3.63) is 0 Å². The Kier molecular flexibility index (Phi) is 5.42. The molecular formula is C10H19NO3S. The highest BCUT2D eigenvalue weighted by Crippen LogP contribution is 2.18. The number of aliphatic carboxylic acids is 1. The maximum Gasteiger partial charge on any atom is 0.321 e. The summed E-state index contributed by atoms with van der Waals surface area (Å²) in [7, 11) is 0. The van der Waals surface area contributed by atoms with Gasteiger partial charge in [0, 0.05) is 13.0 Å². The summed E-state index contributed by atoms with van der Waals surface area (Å²) < 4.78 is 0. The summed E-state index contributed by atoms with van der Waals surface area (Å²) in [5.41, 5.74) is 0. The monoisotopic (exact) mass is 233 g/mol. The van der Waals surface area contributed by atoms with Crippen molar-refractivity contribution in [1.29, 1.82) is 0 Å². The van der Waals surface area contributed by atoms with Crippen LogP contribution in [0.2, 0.25) is 0 Å². The van der Waals surface area contributed by atoms with E-state index in [0.717, 1.165) is 24.5 Å². The van der Waals surface area contributed by atoms with Crippen LogP contribution in [0.4, 0.5) is 0 Å². The van der Waals surface area contributed by atoms with Crippen LogP contribution in [0, 0.1) is 0 Å². The first-order chi connectivity index (χ1) is 7.15. The van der Waals surface area contributed by atoms with Gasteiger partial charge in [-0.25, -0.2) is 0 Å². The van der Waals surface area contributed by atoms with Crippen LogP contribution in [-0.4, -0.2) is 57.8 Å². The van der Waals surface area contributed by atoms with Crippen molar-refractivity contribution >= 4 is 17.7 Å². The van der Waals surface area contributed by atoms with E-state index in [2.05, 4.69) is 6.92 Å². The number of nitrogens with zero attached hydrogens (tertiary/aromatic N) is 1. The smallest absolute Gasteiger partial charge is 0.321 e. The molecule has 2 unspecified atom stereocenters. The van der Waals surface area contributed by atoms with Crippen molar-refractivity contribution in [1.82, 2.24) is 4.90 Å². The van der Waals surface area contributed by atoms with Crippen molar-refractivity contribution < 1.29 is 15.0 Å². The Morgan fingerprint density at radius 3 is 2.93 bits per heavy atom. The SMILES string of the molecule is CCSCCCN1CC(O)CC1C(=O)O. The molecule has 2 N–H and O–H groups in total. The summed E-state index contributed by atoms with van der Waals surface area (Å²) in [5.74, 6) is 1.36. The van der Waals surface area contributed by atoms with Crippen LogP contribution in [-0.2, 0) is 4.79 Å². The molecule has 0 amide bonds. The van der Waals surface area contributed by atoms with E-state index in [1.54, 1.807) is 0 Å². The minimum atomic E-state index is -0.810. The third-order valence-electron chi connectivity index (χ3n) is 2.60. The fourth-order valence-corrected chi connectivity index (χ4v) is 2.52. The molecule has 0 saturated carbocycles. The van der Waals surface area contributed by atoms with Gasteiger partial charge in [-0.2, -0.15) is 11.8 Å². The summed E-state index contributed by atoms with van der Waals surface area (Å²) in [6, 6.07) is -0.480. The lowest BCUT2D eigenvalue weighted by molar-refractivity contribution is -0.142. The molecule has 0 aromatic rings. The highest BCUT2D eigenvalue weighted by Gasteiger charge is 2.35. The van der Waals surface area contributed by atoms with Crippen LogP contribution in [0.15, 0.2) is 0 Å². The molecule has 5 heteroatoms. The molecule has 88 valence electrons. The van der Waals surface area contributed by atoms with Crippen molar-refractivity contribution in [3.8, 4) is 0 Å². The fourth-order valence-electron chi connectivity index (χ4n) is 1.90. The predicted molar refractivity (Wildman–Crippen MR) is 61.2 cm³/mol. The summed E-state index contributed by atoms with van der Waals surface area (Å²) in [4.78, 5) is 12.8. The summed E-state index contributed by atoms with van der Waals surface area (Å²) in [6.45, 7) is 3.40. The van der Waals surface area contributed by atoms with E-state index in [1.807, 2.05) is 16.7 Å². The summed E-state index contributed by atoms with van der Waals surface area (Å²) in [6.07, 6.45) is 0.899. The molecule has 4 nitrogen and oxygen atoms in total. The Bertz CT molecular complexity index is 213. The second-order valence-electron chi connectivity index (χ2n) is 3.79. The lowest BCUT2D eigenvalue weighted by Gasteiger charge is -2.20. The van der Waals surface area contributed by atoms with Gasteiger partial charge < -0.3 is 10.2 Å². The highest BCUT2D eigenvalue weighted by molar-refractivity contribution is 7.99. The van der Waals surface area contributed by atoms with E-state index in [4.69, 9.17) is 5.11 Å². The van der Waals surface area contributed by atoms with Gasteiger partial charge in [0.2, 0.25) is 0 Å². The molecule has 1 saturated heterocycles. The van der Waals surface area contributed by atoms with E-state index < -0.39 is 18.1 Å². The number of hydrogen-bond donors (Lipinski definition) is 2. The van der Waals surface area contributed by atoms with Crippen LogP contribution in [0.3, 0.4) is 0 Å². The minimum absolute atomic E-state index is 0.371.